The second-order valence-corrected chi connectivity index (χ2v) is 8.10. The summed E-state index contributed by atoms with van der Waals surface area (Å²) in [5.41, 5.74) is 3.59. The molecule has 33 heavy (non-hydrogen) atoms. The van der Waals surface area contributed by atoms with Crippen LogP contribution in [0, 0.1) is 11.8 Å². The van der Waals surface area contributed by atoms with E-state index in [4.69, 9.17) is 36.5 Å². The van der Waals surface area contributed by atoms with Crippen molar-refractivity contribution in [2.24, 2.45) is 11.1 Å². The van der Waals surface area contributed by atoms with E-state index in [1.165, 1.54) is 14.2 Å². The first-order chi connectivity index (χ1) is 15.9. The molecule has 0 saturated carbocycles. The second-order valence-electron chi connectivity index (χ2n) is 7.70. The third-order valence-corrected chi connectivity index (χ3v) is 6.31. The molecule has 0 fully saturated rings. The first-order valence-corrected chi connectivity index (χ1v) is 10.5. The predicted molar refractivity (Wildman–Crippen MR) is 124 cm³/mol. The van der Waals surface area contributed by atoms with Crippen LogP contribution in [0.1, 0.15) is 34.1 Å². The zero-order valence-corrected chi connectivity index (χ0v) is 19.1. The number of nitrogens with zero attached hydrogens (tertiary/aromatic N) is 1. The Morgan fingerprint density at radius 1 is 1.09 bits per heavy atom. The summed E-state index contributed by atoms with van der Waals surface area (Å²) in [6.07, 6.45) is 0. The van der Waals surface area contributed by atoms with Crippen LogP contribution in [-0.2, 0) is 0 Å². The summed E-state index contributed by atoms with van der Waals surface area (Å²) in [5, 5.41) is 13.3. The Hall–Kier alpha value is -3.49. The highest BCUT2D eigenvalue weighted by Crippen LogP contribution is 2.51. The summed E-state index contributed by atoms with van der Waals surface area (Å²) >= 11 is 6.26. The van der Waals surface area contributed by atoms with Crippen molar-refractivity contribution in [2.45, 2.75) is 18.8 Å². The second kappa shape index (κ2) is 9.17. The fourth-order valence-corrected chi connectivity index (χ4v) is 4.56. The quantitative estimate of drug-likeness (QED) is 0.369. The van der Waals surface area contributed by atoms with Gasteiger partial charge in [0.1, 0.15) is 17.2 Å². The molecule has 2 atom stereocenters. The molecule has 4 rings (SSSR count). The highest BCUT2D eigenvalue weighted by Gasteiger charge is 2.36. The third-order valence-electron chi connectivity index (χ3n) is 6.01. The van der Waals surface area contributed by atoms with Gasteiger partial charge in [0.15, 0.2) is 11.5 Å². The Bertz CT molecular complexity index is 1190. The molecule has 0 aliphatic carbocycles. The number of methoxy groups -OCH3 is 2. The predicted octanol–water partition coefficient (Wildman–Crippen LogP) is 5.33. The summed E-state index contributed by atoms with van der Waals surface area (Å²) in [4.78, 5) is 16.2. The van der Waals surface area contributed by atoms with Crippen LogP contribution in [0.15, 0.2) is 47.6 Å². The maximum absolute atomic E-state index is 11.2. The first-order valence-electron chi connectivity index (χ1n) is 10.1. The van der Waals surface area contributed by atoms with Crippen LogP contribution in [0.2, 0.25) is 5.02 Å². The van der Waals surface area contributed by atoms with Crippen LogP contribution in [0.3, 0.4) is 0 Å². The van der Waals surface area contributed by atoms with Crippen LogP contribution < -0.4 is 24.9 Å². The number of nitrogens with two attached hydrogens (primary N) is 1. The van der Waals surface area contributed by atoms with E-state index in [-0.39, 0.29) is 28.4 Å². The molecule has 3 N–H and O–H groups in total. The summed E-state index contributed by atoms with van der Waals surface area (Å²) in [5.74, 6) is 6.73. The first kappa shape index (κ1) is 22.7. The Balaban J connectivity index is 1.94. The molecule has 1 aliphatic rings. The minimum Gasteiger partial charge on any atom is -0.506 e. The lowest BCUT2D eigenvalue weighted by molar-refractivity contribution is 0.245. The molecule has 3 aromatic carbocycles. The van der Waals surface area contributed by atoms with Crippen molar-refractivity contribution < 1.29 is 24.2 Å². The van der Waals surface area contributed by atoms with Crippen LogP contribution in [0.5, 0.6) is 28.7 Å². The van der Waals surface area contributed by atoms with Crippen molar-refractivity contribution in [3.05, 3.63) is 74.6 Å². The van der Waals surface area contributed by atoms with E-state index in [1.54, 1.807) is 25.1 Å². The lowest BCUT2D eigenvalue weighted by atomic mass is 9.75. The van der Waals surface area contributed by atoms with Gasteiger partial charge in [-0.15, -0.1) is 4.91 Å². The van der Waals surface area contributed by atoms with Crippen LogP contribution in [-0.4, -0.2) is 25.9 Å². The lowest BCUT2D eigenvalue weighted by Crippen LogP contribution is -2.26. The Labute approximate surface area is 195 Å². The highest BCUT2D eigenvalue weighted by molar-refractivity contribution is 6.32. The van der Waals surface area contributed by atoms with Crippen molar-refractivity contribution in [3.63, 3.8) is 0 Å². The minimum atomic E-state index is -0.217. The minimum absolute atomic E-state index is 0.00582. The van der Waals surface area contributed by atoms with Gasteiger partial charge < -0.3 is 24.2 Å². The van der Waals surface area contributed by atoms with E-state index < -0.39 is 0 Å². The van der Waals surface area contributed by atoms with E-state index >= 15 is 0 Å². The molecule has 0 aromatic heterocycles. The van der Waals surface area contributed by atoms with E-state index in [0.29, 0.717) is 35.1 Å². The number of hydrogen-bond donors (Lipinski definition) is 2. The van der Waals surface area contributed by atoms with Gasteiger partial charge in [-0.05, 0) is 53.6 Å². The Morgan fingerprint density at radius 3 is 2.36 bits per heavy atom. The molecule has 172 valence electrons. The largest absolute Gasteiger partial charge is 0.506 e. The summed E-state index contributed by atoms with van der Waals surface area (Å²) in [6.45, 7) is 2.10. The molecular weight excluding hydrogens is 448 g/mol. The number of nitroso groups, excluding NO2 is 1. The van der Waals surface area contributed by atoms with Crippen molar-refractivity contribution in [1.82, 2.24) is 0 Å². The third kappa shape index (κ3) is 3.92. The van der Waals surface area contributed by atoms with Gasteiger partial charge >= 0.3 is 0 Å². The number of rotatable bonds is 6. The molecule has 8 nitrogen and oxygen atoms in total. The van der Waals surface area contributed by atoms with Crippen molar-refractivity contribution in [2.75, 3.05) is 20.8 Å². The van der Waals surface area contributed by atoms with Crippen LogP contribution in [0.25, 0.3) is 0 Å². The number of ether oxygens (including phenoxy) is 3. The van der Waals surface area contributed by atoms with Gasteiger partial charge in [0, 0.05) is 23.0 Å². The molecule has 2 unspecified atom stereocenters. The summed E-state index contributed by atoms with van der Waals surface area (Å²) in [6, 6.07) is 12.3. The Morgan fingerprint density at radius 2 is 1.79 bits per heavy atom. The summed E-state index contributed by atoms with van der Waals surface area (Å²) in [7, 11) is 3.03. The number of benzene rings is 3. The normalized spacial score (nSPS) is 17.0. The molecule has 9 heteroatoms. The molecule has 1 heterocycles. The Kier molecular flexibility index (Phi) is 6.31. The van der Waals surface area contributed by atoms with E-state index in [1.807, 2.05) is 24.3 Å². The van der Waals surface area contributed by atoms with Crippen molar-refractivity contribution in [3.8, 4) is 28.7 Å². The number of phenols is 1. The number of halogens is 1. The molecule has 1 aliphatic heterocycles. The van der Waals surface area contributed by atoms with Gasteiger partial charge in [-0.25, -0.2) is 0 Å². The molecule has 3 aromatic rings. The SMILES string of the molecule is COc1cc(C2COc3c(ccc(N=O)c3C)C2c2ccc(O)c(Cl)c2)cc(OC)c1ON. The fraction of sp³-hybridized carbons (Fsp3) is 0.250. The average molecular weight is 471 g/mol. The lowest BCUT2D eigenvalue weighted by Gasteiger charge is -2.35. The zero-order valence-electron chi connectivity index (χ0n) is 18.3. The van der Waals surface area contributed by atoms with Gasteiger partial charge in [0.2, 0.25) is 5.75 Å². The number of aromatic hydroxyl groups is 1. The van der Waals surface area contributed by atoms with Crippen LogP contribution >= 0.6 is 11.6 Å². The van der Waals surface area contributed by atoms with Gasteiger partial charge in [0.25, 0.3) is 0 Å². The molecule has 0 bridgehead atoms. The fourth-order valence-electron chi connectivity index (χ4n) is 4.37. The van der Waals surface area contributed by atoms with Gasteiger partial charge in [-0.1, -0.05) is 23.7 Å². The van der Waals surface area contributed by atoms with E-state index in [2.05, 4.69) is 5.18 Å². The number of hydrogen-bond acceptors (Lipinski definition) is 8. The van der Waals surface area contributed by atoms with Crippen molar-refractivity contribution in [1.29, 1.82) is 0 Å². The number of phenolic OH excluding ortho intramolecular Hbond substituents is 1. The molecule has 0 saturated heterocycles. The van der Waals surface area contributed by atoms with E-state index in [9.17, 15) is 10.0 Å². The van der Waals surface area contributed by atoms with Gasteiger partial charge in [0.05, 0.1) is 25.8 Å². The van der Waals surface area contributed by atoms with Crippen molar-refractivity contribution >= 4 is 17.3 Å². The number of fused-ring (bicyclic) bond motifs is 1. The van der Waals surface area contributed by atoms with Crippen LogP contribution in [0.4, 0.5) is 5.69 Å². The maximum Gasteiger partial charge on any atom is 0.230 e. The topological polar surface area (TPSA) is 113 Å². The average Bonchev–Trinajstić information content (AvgIpc) is 2.84. The maximum atomic E-state index is 11.2. The molecule has 0 radical (unpaired) electrons. The molecule has 0 amide bonds. The summed E-state index contributed by atoms with van der Waals surface area (Å²) < 4.78 is 17.1. The molecular formula is C24H23ClN2O6. The smallest absolute Gasteiger partial charge is 0.230 e. The van der Waals surface area contributed by atoms with Gasteiger partial charge in [-0.2, -0.15) is 5.90 Å². The highest BCUT2D eigenvalue weighted by atomic mass is 35.5. The molecule has 0 spiro atoms. The monoisotopic (exact) mass is 470 g/mol. The van der Waals surface area contributed by atoms with Gasteiger partial charge in [-0.3, -0.25) is 0 Å². The standard InChI is InChI=1S/C24H23ClN2O6/c1-12-18(27-29)6-5-15-22(13-4-7-19(28)17(25)8-13)16(11-32-23(12)15)14-9-20(30-2)24(33-26)21(10-14)31-3/h4-10,16,22,28H,11,26H2,1-3H3. The van der Waals surface area contributed by atoms with E-state index in [0.717, 1.165) is 16.7 Å². The zero-order chi connectivity index (χ0) is 23.7.